The van der Waals surface area contributed by atoms with E-state index < -0.39 is 11.5 Å². The zero-order valence-corrected chi connectivity index (χ0v) is 11.6. The molecule has 0 aromatic rings. The number of nitrogens with zero attached hydrogens (tertiary/aromatic N) is 1. The van der Waals surface area contributed by atoms with E-state index in [9.17, 15) is 14.7 Å². The molecule has 5 nitrogen and oxygen atoms in total. The fourth-order valence-electron chi connectivity index (χ4n) is 3.53. The van der Waals surface area contributed by atoms with Gasteiger partial charge in [0.15, 0.2) is 0 Å². The SMILES string of the molecule is CCC1(C(=O)O)CCCN1C(=O)C1CCC(N)CC1. The van der Waals surface area contributed by atoms with Crippen LogP contribution in [0.2, 0.25) is 0 Å². The fraction of sp³-hybridized carbons (Fsp3) is 0.857. The van der Waals surface area contributed by atoms with Gasteiger partial charge in [0.2, 0.25) is 5.91 Å². The summed E-state index contributed by atoms with van der Waals surface area (Å²) in [5.41, 5.74) is 4.90. The van der Waals surface area contributed by atoms with Crippen molar-refractivity contribution in [2.24, 2.45) is 11.7 Å². The second kappa shape index (κ2) is 5.49. The molecule has 1 aliphatic heterocycles. The second-order valence-corrected chi connectivity index (χ2v) is 5.90. The van der Waals surface area contributed by atoms with Gasteiger partial charge in [0, 0.05) is 18.5 Å². The van der Waals surface area contributed by atoms with Crippen LogP contribution >= 0.6 is 0 Å². The van der Waals surface area contributed by atoms with Gasteiger partial charge in [0.05, 0.1) is 0 Å². The number of carbonyl (C=O) groups is 2. The van der Waals surface area contributed by atoms with Crippen molar-refractivity contribution in [3.8, 4) is 0 Å². The third kappa shape index (κ3) is 2.48. The maximum Gasteiger partial charge on any atom is 0.329 e. The Labute approximate surface area is 114 Å². The number of likely N-dealkylation sites (tertiary alicyclic amines) is 1. The largest absolute Gasteiger partial charge is 0.479 e. The van der Waals surface area contributed by atoms with Crippen molar-refractivity contribution < 1.29 is 14.7 Å². The predicted octanol–water partition coefficient (Wildman–Crippen LogP) is 1.36. The van der Waals surface area contributed by atoms with E-state index in [1.165, 1.54) is 0 Å². The normalized spacial score (nSPS) is 35.4. The predicted molar refractivity (Wildman–Crippen MR) is 71.5 cm³/mol. The minimum atomic E-state index is -0.962. The minimum absolute atomic E-state index is 0.0248. The number of aliphatic carboxylic acids is 1. The maximum atomic E-state index is 12.6. The number of hydrogen-bond donors (Lipinski definition) is 2. The first-order chi connectivity index (χ1) is 9.01. The Hall–Kier alpha value is -1.10. The second-order valence-electron chi connectivity index (χ2n) is 5.90. The molecule has 1 amide bonds. The van der Waals surface area contributed by atoms with Crippen molar-refractivity contribution in [1.82, 2.24) is 4.90 Å². The molecule has 0 spiro atoms. The number of carbonyl (C=O) groups excluding carboxylic acids is 1. The van der Waals surface area contributed by atoms with Crippen LogP contribution in [0, 0.1) is 5.92 Å². The van der Waals surface area contributed by atoms with Gasteiger partial charge in [-0.2, -0.15) is 0 Å². The van der Waals surface area contributed by atoms with E-state index in [2.05, 4.69) is 0 Å². The summed E-state index contributed by atoms with van der Waals surface area (Å²) < 4.78 is 0. The quantitative estimate of drug-likeness (QED) is 0.809. The van der Waals surface area contributed by atoms with Crippen molar-refractivity contribution >= 4 is 11.9 Å². The smallest absolute Gasteiger partial charge is 0.329 e. The number of amides is 1. The van der Waals surface area contributed by atoms with Gasteiger partial charge in [-0.1, -0.05) is 6.92 Å². The number of carboxylic acid groups (broad SMARTS) is 1. The molecular weight excluding hydrogens is 244 g/mol. The highest BCUT2D eigenvalue weighted by Crippen LogP contribution is 2.36. The van der Waals surface area contributed by atoms with E-state index in [1.54, 1.807) is 4.90 Å². The van der Waals surface area contributed by atoms with Crippen LogP contribution in [-0.4, -0.2) is 40.0 Å². The average Bonchev–Trinajstić information content (AvgIpc) is 2.83. The highest BCUT2D eigenvalue weighted by Gasteiger charge is 2.49. The standard InChI is InChI=1S/C14H24N2O3/c1-2-14(13(18)19)8-3-9-16(14)12(17)10-4-6-11(15)7-5-10/h10-11H,2-9,15H2,1H3,(H,18,19). The number of rotatable bonds is 3. The van der Waals surface area contributed by atoms with E-state index >= 15 is 0 Å². The van der Waals surface area contributed by atoms with E-state index in [4.69, 9.17) is 5.73 Å². The summed E-state index contributed by atoms with van der Waals surface area (Å²) in [4.78, 5) is 25.8. The lowest BCUT2D eigenvalue weighted by atomic mass is 9.84. The molecule has 19 heavy (non-hydrogen) atoms. The topological polar surface area (TPSA) is 83.6 Å². The van der Waals surface area contributed by atoms with Crippen LogP contribution in [0.1, 0.15) is 51.9 Å². The Morgan fingerprint density at radius 3 is 2.47 bits per heavy atom. The molecule has 1 aliphatic carbocycles. The third-order valence-corrected chi connectivity index (χ3v) is 4.86. The van der Waals surface area contributed by atoms with Crippen LogP contribution < -0.4 is 5.73 Å². The molecule has 1 saturated heterocycles. The van der Waals surface area contributed by atoms with Crippen LogP contribution in [0.4, 0.5) is 0 Å². The first kappa shape index (κ1) is 14.3. The average molecular weight is 268 g/mol. The van der Waals surface area contributed by atoms with Crippen molar-refractivity contribution in [1.29, 1.82) is 0 Å². The number of hydrogen-bond acceptors (Lipinski definition) is 3. The summed E-state index contributed by atoms with van der Waals surface area (Å²) in [6.45, 7) is 2.44. The first-order valence-electron chi connectivity index (χ1n) is 7.31. The summed E-state index contributed by atoms with van der Waals surface area (Å²) in [5, 5.41) is 9.51. The van der Waals surface area contributed by atoms with Gasteiger partial charge in [0.1, 0.15) is 5.54 Å². The van der Waals surface area contributed by atoms with Gasteiger partial charge in [-0.3, -0.25) is 4.79 Å². The molecular formula is C14H24N2O3. The molecule has 2 fully saturated rings. The molecule has 0 radical (unpaired) electrons. The lowest BCUT2D eigenvalue weighted by Crippen LogP contribution is -2.54. The van der Waals surface area contributed by atoms with Crippen LogP contribution in [-0.2, 0) is 9.59 Å². The molecule has 2 rings (SSSR count). The van der Waals surface area contributed by atoms with Gasteiger partial charge in [-0.25, -0.2) is 4.79 Å². The summed E-state index contributed by atoms with van der Waals surface area (Å²) in [6, 6.07) is 0.207. The highest BCUT2D eigenvalue weighted by atomic mass is 16.4. The van der Waals surface area contributed by atoms with Crippen molar-refractivity contribution in [2.45, 2.75) is 63.5 Å². The molecule has 1 atom stereocenters. The zero-order chi connectivity index (χ0) is 14.0. The van der Waals surface area contributed by atoms with Crippen molar-refractivity contribution in [3.63, 3.8) is 0 Å². The number of nitrogens with two attached hydrogens (primary N) is 1. The van der Waals surface area contributed by atoms with E-state index in [0.29, 0.717) is 19.4 Å². The third-order valence-electron chi connectivity index (χ3n) is 4.86. The Morgan fingerprint density at radius 2 is 1.95 bits per heavy atom. The molecule has 0 aromatic heterocycles. The lowest BCUT2D eigenvalue weighted by Gasteiger charge is -2.37. The Balaban J connectivity index is 2.11. The molecule has 1 unspecified atom stereocenters. The molecule has 1 saturated carbocycles. The number of carboxylic acids is 1. The molecule has 2 aliphatic rings. The van der Waals surface area contributed by atoms with E-state index in [0.717, 1.165) is 32.1 Å². The lowest BCUT2D eigenvalue weighted by molar-refractivity contribution is -0.159. The molecule has 108 valence electrons. The minimum Gasteiger partial charge on any atom is -0.479 e. The highest BCUT2D eigenvalue weighted by molar-refractivity contribution is 5.88. The van der Waals surface area contributed by atoms with Crippen LogP contribution in [0.5, 0.6) is 0 Å². The van der Waals surface area contributed by atoms with Crippen molar-refractivity contribution in [3.05, 3.63) is 0 Å². The Kier molecular flexibility index (Phi) is 4.13. The zero-order valence-electron chi connectivity index (χ0n) is 11.6. The maximum absolute atomic E-state index is 12.6. The van der Waals surface area contributed by atoms with Crippen LogP contribution in [0.3, 0.4) is 0 Å². The fourth-order valence-corrected chi connectivity index (χ4v) is 3.53. The Bertz CT molecular complexity index is 364. The van der Waals surface area contributed by atoms with Gasteiger partial charge in [0.25, 0.3) is 0 Å². The van der Waals surface area contributed by atoms with Gasteiger partial charge >= 0.3 is 5.97 Å². The first-order valence-corrected chi connectivity index (χ1v) is 7.31. The van der Waals surface area contributed by atoms with E-state index in [1.807, 2.05) is 6.92 Å². The molecule has 1 heterocycles. The monoisotopic (exact) mass is 268 g/mol. The summed E-state index contributed by atoms with van der Waals surface area (Å²) >= 11 is 0. The van der Waals surface area contributed by atoms with E-state index in [-0.39, 0.29) is 17.9 Å². The van der Waals surface area contributed by atoms with Gasteiger partial charge < -0.3 is 15.7 Å². The molecule has 0 aromatic carbocycles. The van der Waals surface area contributed by atoms with Gasteiger partial charge in [-0.05, 0) is 44.9 Å². The van der Waals surface area contributed by atoms with Crippen LogP contribution in [0.15, 0.2) is 0 Å². The summed E-state index contributed by atoms with van der Waals surface area (Å²) in [6.07, 6.45) is 5.20. The molecule has 5 heteroatoms. The Morgan fingerprint density at radius 1 is 1.32 bits per heavy atom. The van der Waals surface area contributed by atoms with Gasteiger partial charge in [-0.15, -0.1) is 0 Å². The van der Waals surface area contributed by atoms with Crippen LogP contribution in [0.25, 0.3) is 0 Å². The van der Waals surface area contributed by atoms with Crippen molar-refractivity contribution in [2.75, 3.05) is 6.54 Å². The molecule has 3 N–H and O–H groups in total. The summed E-state index contributed by atoms with van der Waals surface area (Å²) in [5.74, 6) is -0.842. The molecule has 0 bridgehead atoms. The summed E-state index contributed by atoms with van der Waals surface area (Å²) in [7, 11) is 0.